The minimum Gasteiger partial charge on any atom is -0.493 e. The molecule has 0 atom stereocenters. The van der Waals surface area contributed by atoms with E-state index >= 15 is 0 Å². The van der Waals surface area contributed by atoms with Crippen LogP contribution in [-0.4, -0.2) is 6.61 Å². The van der Waals surface area contributed by atoms with Gasteiger partial charge in [0.25, 0.3) is 0 Å². The topological polar surface area (TPSA) is 9.23 Å². The Hall–Kier alpha value is -0.500. The zero-order valence-electron chi connectivity index (χ0n) is 10.0. The number of halogens is 1. The first-order valence-corrected chi connectivity index (χ1v) is 6.88. The third-order valence-electron chi connectivity index (χ3n) is 3.29. The minimum atomic E-state index is 0.508. The fourth-order valence-corrected chi connectivity index (χ4v) is 2.35. The van der Waals surface area contributed by atoms with Gasteiger partial charge in [-0.05, 0) is 48.4 Å². The van der Waals surface area contributed by atoms with E-state index < -0.39 is 0 Å². The molecule has 2 heteroatoms. The van der Waals surface area contributed by atoms with Crippen LogP contribution in [0.1, 0.15) is 44.6 Å². The van der Waals surface area contributed by atoms with Gasteiger partial charge in [-0.3, -0.25) is 0 Å². The van der Waals surface area contributed by atoms with E-state index in [4.69, 9.17) is 4.74 Å². The monoisotopic (exact) mass is 282 g/mol. The van der Waals surface area contributed by atoms with Crippen LogP contribution in [0.25, 0.3) is 0 Å². The van der Waals surface area contributed by atoms with Crippen molar-refractivity contribution in [3.8, 4) is 5.75 Å². The van der Waals surface area contributed by atoms with Crippen molar-refractivity contribution in [1.82, 2.24) is 0 Å². The summed E-state index contributed by atoms with van der Waals surface area (Å²) in [7, 11) is 0. The zero-order chi connectivity index (χ0) is 11.5. The maximum Gasteiger partial charge on any atom is 0.122 e. The summed E-state index contributed by atoms with van der Waals surface area (Å²) in [4.78, 5) is 0. The molecule has 0 radical (unpaired) electrons. The van der Waals surface area contributed by atoms with E-state index in [0.717, 1.165) is 22.7 Å². The molecule has 0 aromatic heterocycles. The number of rotatable bonds is 4. The van der Waals surface area contributed by atoms with E-state index in [1.807, 2.05) is 0 Å². The Morgan fingerprint density at radius 3 is 2.69 bits per heavy atom. The van der Waals surface area contributed by atoms with Crippen LogP contribution in [-0.2, 0) is 0 Å². The first-order chi connectivity index (χ1) is 7.66. The molecule has 1 saturated carbocycles. The predicted octanol–water partition coefficient (Wildman–Crippen LogP) is 4.75. The number of hydrogen-bond acceptors (Lipinski definition) is 1. The highest BCUT2D eigenvalue weighted by molar-refractivity contribution is 9.10. The molecule has 0 spiro atoms. The first kappa shape index (κ1) is 12.0. The summed E-state index contributed by atoms with van der Waals surface area (Å²) in [5.41, 5.74) is 1.30. The molecule has 2 rings (SSSR count). The van der Waals surface area contributed by atoms with Crippen molar-refractivity contribution in [3.63, 3.8) is 0 Å². The highest BCUT2D eigenvalue weighted by atomic mass is 79.9. The largest absolute Gasteiger partial charge is 0.493 e. The number of hydrogen-bond donors (Lipinski definition) is 0. The molecule has 1 nitrogen and oxygen atoms in total. The van der Waals surface area contributed by atoms with Crippen molar-refractivity contribution in [2.45, 2.75) is 39.0 Å². The van der Waals surface area contributed by atoms with Crippen LogP contribution < -0.4 is 4.74 Å². The van der Waals surface area contributed by atoms with Crippen molar-refractivity contribution in [2.75, 3.05) is 6.61 Å². The van der Waals surface area contributed by atoms with Gasteiger partial charge in [-0.15, -0.1) is 0 Å². The van der Waals surface area contributed by atoms with Crippen LogP contribution in [0, 0.1) is 5.92 Å². The summed E-state index contributed by atoms with van der Waals surface area (Å²) < 4.78 is 7.07. The standard InChI is InChI=1S/C14H19BrO/c1-10(2)13-8-12(15)6-7-14(13)16-9-11-4-3-5-11/h6-8,10-11H,3-5,9H2,1-2H3. The molecule has 0 aliphatic heterocycles. The molecule has 0 bridgehead atoms. The molecular formula is C14H19BrO. The Labute approximate surface area is 106 Å². The maximum absolute atomic E-state index is 5.94. The van der Waals surface area contributed by atoms with Gasteiger partial charge >= 0.3 is 0 Å². The highest BCUT2D eigenvalue weighted by Gasteiger charge is 2.18. The molecule has 0 unspecified atom stereocenters. The van der Waals surface area contributed by atoms with E-state index in [9.17, 15) is 0 Å². The molecule has 1 fully saturated rings. The van der Waals surface area contributed by atoms with Gasteiger partial charge in [0.05, 0.1) is 6.61 Å². The third-order valence-corrected chi connectivity index (χ3v) is 3.79. The summed E-state index contributed by atoms with van der Waals surface area (Å²) in [6.07, 6.45) is 4.06. The van der Waals surface area contributed by atoms with E-state index in [0.29, 0.717) is 5.92 Å². The maximum atomic E-state index is 5.94. The summed E-state index contributed by atoms with van der Waals surface area (Å²) in [6, 6.07) is 6.31. The fourth-order valence-electron chi connectivity index (χ4n) is 1.97. The van der Waals surface area contributed by atoms with Gasteiger partial charge in [0.2, 0.25) is 0 Å². The van der Waals surface area contributed by atoms with Gasteiger partial charge in [0.15, 0.2) is 0 Å². The van der Waals surface area contributed by atoms with E-state index in [2.05, 4.69) is 48.0 Å². The second-order valence-corrected chi connectivity index (χ2v) is 5.86. The van der Waals surface area contributed by atoms with Crippen molar-refractivity contribution >= 4 is 15.9 Å². The summed E-state index contributed by atoms with van der Waals surface area (Å²) >= 11 is 3.51. The smallest absolute Gasteiger partial charge is 0.122 e. The molecule has 1 aliphatic rings. The Morgan fingerprint density at radius 2 is 2.12 bits per heavy atom. The highest BCUT2D eigenvalue weighted by Crippen LogP contribution is 2.32. The quantitative estimate of drug-likeness (QED) is 0.774. The third kappa shape index (κ3) is 2.79. The average Bonchev–Trinajstić information content (AvgIpc) is 2.17. The van der Waals surface area contributed by atoms with Gasteiger partial charge in [-0.25, -0.2) is 0 Å². The van der Waals surface area contributed by atoms with Crippen molar-refractivity contribution in [1.29, 1.82) is 0 Å². The molecule has 0 amide bonds. The Kier molecular flexibility index (Phi) is 3.91. The van der Waals surface area contributed by atoms with Crippen LogP contribution in [0.15, 0.2) is 22.7 Å². The Balaban J connectivity index is 2.05. The fraction of sp³-hybridized carbons (Fsp3) is 0.571. The van der Waals surface area contributed by atoms with Gasteiger partial charge in [-0.2, -0.15) is 0 Å². The van der Waals surface area contributed by atoms with Crippen LogP contribution in [0.4, 0.5) is 0 Å². The van der Waals surface area contributed by atoms with E-state index in [1.165, 1.54) is 24.8 Å². The Morgan fingerprint density at radius 1 is 1.38 bits per heavy atom. The summed E-state index contributed by atoms with van der Waals surface area (Å²) in [5.74, 6) is 2.36. The molecule has 1 aromatic carbocycles. The SMILES string of the molecule is CC(C)c1cc(Br)ccc1OCC1CCC1. The predicted molar refractivity (Wildman–Crippen MR) is 71.1 cm³/mol. The van der Waals surface area contributed by atoms with Crippen LogP contribution in [0.2, 0.25) is 0 Å². The van der Waals surface area contributed by atoms with Crippen LogP contribution in [0.5, 0.6) is 5.75 Å². The molecular weight excluding hydrogens is 264 g/mol. The first-order valence-electron chi connectivity index (χ1n) is 6.09. The summed E-state index contributed by atoms with van der Waals surface area (Å²) in [6.45, 7) is 5.30. The lowest BCUT2D eigenvalue weighted by Crippen LogP contribution is -2.19. The minimum absolute atomic E-state index is 0.508. The summed E-state index contributed by atoms with van der Waals surface area (Å²) in [5, 5.41) is 0. The molecule has 16 heavy (non-hydrogen) atoms. The van der Waals surface area contributed by atoms with Gasteiger partial charge < -0.3 is 4.74 Å². The van der Waals surface area contributed by atoms with E-state index in [-0.39, 0.29) is 0 Å². The van der Waals surface area contributed by atoms with Crippen molar-refractivity contribution in [3.05, 3.63) is 28.2 Å². The molecule has 0 saturated heterocycles. The molecule has 0 N–H and O–H groups in total. The lowest BCUT2D eigenvalue weighted by atomic mass is 9.86. The molecule has 0 heterocycles. The van der Waals surface area contributed by atoms with Crippen LogP contribution in [0.3, 0.4) is 0 Å². The molecule has 88 valence electrons. The zero-order valence-corrected chi connectivity index (χ0v) is 11.6. The van der Waals surface area contributed by atoms with Gasteiger partial charge in [0, 0.05) is 4.47 Å². The Bertz CT molecular complexity index is 356. The second-order valence-electron chi connectivity index (χ2n) is 4.94. The normalized spacial score (nSPS) is 16.2. The van der Waals surface area contributed by atoms with Gasteiger partial charge in [0.1, 0.15) is 5.75 Å². The number of ether oxygens (including phenoxy) is 1. The molecule has 1 aliphatic carbocycles. The second kappa shape index (κ2) is 5.22. The lowest BCUT2D eigenvalue weighted by Gasteiger charge is -2.26. The van der Waals surface area contributed by atoms with Crippen molar-refractivity contribution < 1.29 is 4.74 Å². The average molecular weight is 283 g/mol. The number of benzene rings is 1. The van der Waals surface area contributed by atoms with Gasteiger partial charge in [-0.1, -0.05) is 36.2 Å². The van der Waals surface area contributed by atoms with Crippen molar-refractivity contribution in [2.24, 2.45) is 5.92 Å². The lowest BCUT2D eigenvalue weighted by molar-refractivity contribution is 0.179. The van der Waals surface area contributed by atoms with E-state index in [1.54, 1.807) is 0 Å². The van der Waals surface area contributed by atoms with Crippen LogP contribution >= 0.6 is 15.9 Å². The molecule has 1 aromatic rings.